The second-order valence-corrected chi connectivity index (χ2v) is 31.1. The smallest absolute Gasteiger partial charge is 0.341 e. The van der Waals surface area contributed by atoms with E-state index >= 15 is 0 Å². The van der Waals surface area contributed by atoms with E-state index in [9.17, 15) is 84.8 Å². The zero-order valence-corrected chi connectivity index (χ0v) is 60.4. The van der Waals surface area contributed by atoms with Crippen LogP contribution in [0.2, 0.25) is 0 Å². The predicted molar refractivity (Wildman–Crippen MR) is 379 cm³/mol. The Morgan fingerprint density at radius 2 is 0.800 bits per heavy atom. The SMILES string of the molecule is COc1c2n(cc(C(=O)O)c1=O)CC1O[C@H]3CC[C@H](C3)N1C2=O.NC1(c2ccc(F)cc2F)CCCCC1.O=C(NC1(c2ccc(F)cc2F)CCCCC1)c1cn2c(c(O)c1=O)C(=O)N1C(C2)O[C@H]2CC[C@@H]1C2.O=C(NC1(c2ccc(F)cc2F)CCCCC1)c1cn2c(c(O)c1=O)C(=O)N1C(C2)O[C@H]2CC[C@@H]1C2. The number of nitrogens with two attached hydrogens (primary N) is 1. The average molecular weight is 1530 g/mol. The van der Waals surface area contributed by atoms with Crippen molar-refractivity contribution in [1.29, 1.82) is 0 Å². The number of nitrogens with zero attached hydrogens (tertiary/aromatic N) is 6. The van der Waals surface area contributed by atoms with E-state index in [4.69, 9.17) is 24.7 Å². The summed E-state index contributed by atoms with van der Waals surface area (Å²) in [5.74, 6) is -10.0. The maximum absolute atomic E-state index is 14.8. The Hall–Kier alpha value is -9.85. The van der Waals surface area contributed by atoms with Gasteiger partial charge in [0.1, 0.15) is 51.6 Å². The Morgan fingerprint density at radius 3 is 1.15 bits per heavy atom. The van der Waals surface area contributed by atoms with E-state index in [1.807, 2.05) is 0 Å². The summed E-state index contributed by atoms with van der Waals surface area (Å²) in [7, 11) is 1.26. The molecule has 18 rings (SSSR count). The van der Waals surface area contributed by atoms with Crippen LogP contribution < -0.4 is 37.4 Å². The van der Waals surface area contributed by atoms with E-state index in [0.717, 1.165) is 159 Å². The van der Waals surface area contributed by atoms with Gasteiger partial charge in [-0.05, 0) is 115 Å². The summed E-state index contributed by atoms with van der Waals surface area (Å²) in [4.78, 5) is 121. The van der Waals surface area contributed by atoms with Crippen molar-refractivity contribution in [2.75, 3.05) is 7.11 Å². The molecule has 25 nitrogen and oxygen atoms in total. The summed E-state index contributed by atoms with van der Waals surface area (Å²) < 4.78 is 111. The summed E-state index contributed by atoms with van der Waals surface area (Å²) in [5.41, 5.74) is 0.135. The molecular formula is C79H85F6N9O16. The maximum atomic E-state index is 14.8. The van der Waals surface area contributed by atoms with Crippen LogP contribution in [-0.4, -0.2) is 141 Å². The number of carbonyl (C=O) groups is 6. The molecular weight excluding hydrogens is 1440 g/mol. The van der Waals surface area contributed by atoms with Crippen molar-refractivity contribution >= 4 is 35.5 Å². The molecule has 6 aliphatic carbocycles. The highest BCUT2D eigenvalue weighted by Crippen LogP contribution is 2.46. The van der Waals surface area contributed by atoms with Gasteiger partial charge in [0, 0.05) is 77.1 Å². The number of aromatic nitrogens is 3. The number of benzene rings is 3. The lowest BCUT2D eigenvalue weighted by atomic mass is 9.76. The van der Waals surface area contributed by atoms with Crippen LogP contribution in [0.3, 0.4) is 0 Å². The van der Waals surface area contributed by atoms with Gasteiger partial charge >= 0.3 is 5.97 Å². The Balaban J connectivity index is 0.000000122. The van der Waals surface area contributed by atoms with Gasteiger partial charge in [0.2, 0.25) is 16.3 Å². The van der Waals surface area contributed by atoms with Crippen molar-refractivity contribution in [3.63, 3.8) is 0 Å². The van der Waals surface area contributed by atoms with E-state index in [1.165, 1.54) is 63.7 Å². The predicted octanol–water partition coefficient (Wildman–Crippen LogP) is 9.68. The van der Waals surface area contributed by atoms with E-state index in [-0.39, 0.29) is 101 Å². The van der Waals surface area contributed by atoms with E-state index < -0.39 is 133 Å². The minimum absolute atomic E-state index is 0.00393. The standard InChI is InChI=1S/2C26H27F2N3O5.C15H16N2O6.C12H15F2N/c2*27-14-4-7-18(19(28)10-14)26(8-2-1-3-9-26)29-24(34)17-12-30-13-20-31(15-5-6-16(11-15)36-20)25(35)21(30)23(33)22(17)32;1-22-13-11-14(19)17-7-2-3-8(4-7)23-10(17)6-16(11)5-9(12(13)18)15(20)21;13-9-4-5-10(11(14)8-9)12(15)6-2-1-3-7-12/h2*4,7,10,12,15-16,20,33H,1-3,5-6,8-9,11,13H2,(H,29,34);5,7-8,10H,2-4,6H2,1H3,(H,20,21);4-5,8H,1-3,6-7,15H2/t2*15-,16+,20?;7-,8+,10?;/m111./s1. The molecule has 6 bridgehead atoms. The van der Waals surface area contributed by atoms with Crippen LogP contribution in [0.15, 0.2) is 87.6 Å². The molecule has 6 aromatic rings. The highest BCUT2D eigenvalue weighted by Gasteiger charge is 2.52. The van der Waals surface area contributed by atoms with Crippen molar-refractivity contribution < 1.29 is 89.4 Å². The van der Waals surface area contributed by atoms with Crippen LogP contribution in [0.5, 0.6) is 17.2 Å². The summed E-state index contributed by atoms with van der Waals surface area (Å²) in [6.07, 6.45) is 21.1. The number of aromatic hydroxyl groups is 2. The van der Waals surface area contributed by atoms with Gasteiger partial charge in [-0.1, -0.05) is 76.0 Å². The Bertz CT molecular complexity index is 4720. The van der Waals surface area contributed by atoms with Crippen molar-refractivity contribution in [3.05, 3.63) is 189 Å². The number of halogens is 6. The lowest BCUT2D eigenvalue weighted by Crippen LogP contribution is -2.57. The Morgan fingerprint density at radius 1 is 0.464 bits per heavy atom. The molecule has 3 saturated heterocycles. The molecule has 3 aromatic heterocycles. The van der Waals surface area contributed by atoms with Gasteiger partial charge in [0.05, 0.1) is 56.1 Å². The van der Waals surface area contributed by atoms with Crippen LogP contribution in [0.25, 0.3) is 0 Å². The van der Waals surface area contributed by atoms with Gasteiger partial charge in [-0.3, -0.25) is 38.4 Å². The third kappa shape index (κ3) is 13.7. The molecule has 9 heterocycles. The first-order valence-electron chi connectivity index (χ1n) is 37.9. The molecule has 3 aromatic carbocycles. The van der Waals surface area contributed by atoms with Gasteiger partial charge in [-0.15, -0.1) is 0 Å². The van der Waals surface area contributed by atoms with Crippen LogP contribution in [0.4, 0.5) is 26.3 Å². The number of methoxy groups -OCH3 is 1. The molecule has 0 radical (unpaired) electrons. The molecule has 584 valence electrons. The third-order valence-corrected chi connectivity index (χ3v) is 24.5. The first-order chi connectivity index (χ1) is 52.7. The number of carbonyl (C=O) groups excluding carboxylic acids is 5. The molecule has 3 unspecified atom stereocenters. The summed E-state index contributed by atoms with van der Waals surface area (Å²) in [6.45, 7) is 0.658. The van der Waals surface area contributed by atoms with Crippen molar-refractivity contribution in [2.24, 2.45) is 5.73 Å². The number of ether oxygens (including phenoxy) is 4. The average Bonchev–Trinajstić information content (AvgIpc) is 1.34. The number of amides is 5. The van der Waals surface area contributed by atoms with Crippen LogP contribution in [0, 0.1) is 34.9 Å². The molecule has 9 fully saturated rings. The molecule has 12 aliphatic rings. The van der Waals surface area contributed by atoms with Crippen molar-refractivity contribution in [1.82, 2.24) is 39.0 Å². The highest BCUT2D eigenvalue weighted by atomic mass is 19.2. The maximum Gasteiger partial charge on any atom is 0.341 e. The zero-order chi connectivity index (χ0) is 77.6. The number of pyridine rings is 3. The molecule has 0 spiro atoms. The largest absolute Gasteiger partial charge is 0.503 e. The molecule has 6 saturated carbocycles. The van der Waals surface area contributed by atoms with Gasteiger partial charge < -0.3 is 79.0 Å². The van der Waals surface area contributed by atoms with Crippen LogP contribution >= 0.6 is 0 Å². The monoisotopic (exact) mass is 1530 g/mol. The minimum atomic E-state index is -1.34. The topological polar surface area (TPSA) is 326 Å². The lowest BCUT2D eigenvalue weighted by molar-refractivity contribution is -0.132. The third-order valence-electron chi connectivity index (χ3n) is 24.5. The second kappa shape index (κ2) is 29.8. The fraction of sp³-hybridized carbons (Fsp3) is 0.506. The number of fused-ring (bicyclic) bond motifs is 15. The van der Waals surface area contributed by atoms with Gasteiger partial charge in [0.25, 0.3) is 29.5 Å². The molecule has 7 N–H and O–H groups in total. The van der Waals surface area contributed by atoms with Gasteiger partial charge in [-0.25, -0.2) is 31.1 Å². The quantitative estimate of drug-likeness (QED) is 0.0733. The molecule has 6 aliphatic heterocycles. The first kappa shape index (κ1) is 75.6. The first-order valence-corrected chi connectivity index (χ1v) is 37.9. The summed E-state index contributed by atoms with van der Waals surface area (Å²) in [6, 6.07) is 10.3. The minimum Gasteiger partial charge on any atom is -0.503 e. The number of aromatic carboxylic acids is 1. The zero-order valence-electron chi connectivity index (χ0n) is 60.4. The number of carboxylic acids is 1. The highest BCUT2D eigenvalue weighted by molar-refractivity contribution is 6.01. The molecule has 9 atom stereocenters. The Labute approximate surface area is 626 Å². The molecule has 110 heavy (non-hydrogen) atoms. The van der Waals surface area contributed by atoms with Crippen molar-refractivity contribution in [3.8, 4) is 17.2 Å². The van der Waals surface area contributed by atoms with Gasteiger partial charge in [0.15, 0.2) is 53.0 Å². The number of nitrogens with one attached hydrogen (secondary N) is 2. The Kier molecular flexibility index (Phi) is 20.4. The van der Waals surface area contributed by atoms with Gasteiger partial charge in [-0.2, -0.15) is 0 Å². The van der Waals surface area contributed by atoms with E-state index in [2.05, 4.69) is 10.6 Å². The summed E-state index contributed by atoms with van der Waals surface area (Å²) >= 11 is 0. The molecule has 31 heteroatoms. The fourth-order valence-corrected chi connectivity index (χ4v) is 19.2. The molecule has 5 amide bonds. The van der Waals surface area contributed by atoms with E-state index in [0.29, 0.717) is 37.8 Å². The van der Waals surface area contributed by atoms with Crippen molar-refractivity contribution in [2.45, 2.75) is 245 Å². The number of hydrogen-bond acceptors (Lipinski definition) is 16. The fourth-order valence-electron chi connectivity index (χ4n) is 19.2. The second-order valence-electron chi connectivity index (χ2n) is 31.1. The van der Waals surface area contributed by atoms with Crippen LogP contribution in [0.1, 0.15) is 233 Å². The number of rotatable bonds is 9. The normalized spacial score (nSPS) is 25.9. The van der Waals surface area contributed by atoms with Crippen LogP contribution in [-0.2, 0) is 50.5 Å². The van der Waals surface area contributed by atoms with E-state index in [1.54, 1.807) is 14.7 Å². The number of hydrogen-bond donors (Lipinski definition) is 6. The number of carboxylic acid groups (broad SMARTS) is 1. The summed E-state index contributed by atoms with van der Waals surface area (Å²) in [5, 5.41) is 36.4. The lowest BCUT2D eigenvalue weighted by Gasteiger charge is -2.44.